The van der Waals surface area contributed by atoms with Gasteiger partial charge in [-0.15, -0.1) is 0 Å². The van der Waals surface area contributed by atoms with Gasteiger partial charge in [-0.1, -0.05) is 42.5 Å². The van der Waals surface area contributed by atoms with Crippen molar-refractivity contribution in [2.45, 2.75) is 46.4 Å². The zero-order valence-electron chi connectivity index (χ0n) is 15.8. The molecule has 0 bridgehead atoms. The molecule has 1 unspecified atom stereocenters. The van der Waals surface area contributed by atoms with E-state index in [1.165, 1.54) is 0 Å². The van der Waals surface area contributed by atoms with Crippen molar-refractivity contribution in [3.05, 3.63) is 48.7 Å². The van der Waals surface area contributed by atoms with Gasteiger partial charge < -0.3 is 19.1 Å². The molecule has 0 spiro atoms. The van der Waals surface area contributed by atoms with Crippen LogP contribution in [-0.4, -0.2) is 44.8 Å². The highest BCUT2D eigenvalue weighted by Gasteiger charge is 2.13. The molecule has 0 saturated heterocycles. The maximum Gasteiger partial charge on any atom is 0.240 e. The smallest absolute Gasteiger partial charge is 0.240 e. The minimum absolute atomic E-state index is 0.373. The van der Waals surface area contributed by atoms with Crippen LogP contribution in [0.3, 0.4) is 0 Å². The third-order valence-corrected chi connectivity index (χ3v) is 3.19. The molecule has 0 aromatic heterocycles. The molecule has 0 rings (SSSR count). The molecule has 0 aromatic rings. The lowest BCUT2D eigenvalue weighted by molar-refractivity contribution is -0.189. The molecule has 1 atom stereocenters. The Morgan fingerprint density at radius 3 is 2.25 bits per heavy atom. The van der Waals surface area contributed by atoms with Gasteiger partial charge >= 0.3 is 0 Å². The van der Waals surface area contributed by atoms with E-state index in [1.807, 2.05) is 45.2 Å². The number of rotatable bonds is 15. The number of nitrogens with zero attached hydrogens (tertiary/aromatic N) is 1. The summed E-state index contributed by atoms with van der Waals surface area (Å²) < 4.78 is 16.6. The Bertz CT molecular complexity index is 375. The summed E-state index contributed by atoms with van der Waals surface area (Å²) in [5.41, 5.74) is 0. The molecular weight excluding hydrogens is 302 g/mol. The zero-order valence-corrected chi connectivity index (χ0v) is 15.8. The molecular formula is C20H35NO3. The van der Waals surface area contributed by atoms with E-state index in [2.05, 4.69) is 29.2 Å². The Hall–Kier alpha value is -1.36. The molecule has 0 N–H and O–H groups in total. The maximum atomic E-state index is 5.81. The normalized spacial score (nSPS) is 13.8. The van der Waals surface area contributed by atoms with E-state index >= 15 is 0 Å². The summed E-state index contributed by atoms with van der Waals surface area (Å²) >= 11 is 0. The number of hydrogen-bond donors (Lipinski definition) is 0. The van der Waals surface area contributed by atoms with Gasteiger partial charge in [-0.3, -0.25) is 0 Å². The van der Waals surface area contributed by atoms with Gasteiger partial charge in [0.2, 0.25) is 6.41 Å². The molecule has 0 amide bonds. The largest absolute Gasteiger partial charge is 0.378 e. The Morgan fingerprint density at radius 2 is 1.58 bits per heavy atom. The van der Waals surface area contributed by atoms with Gasteiger partial charge in [-0.05, 0) is 46.2 Å². The average Bonchev–Trinajstić information content (AvgIpc) is 2.60. The molecule has 0 radical (unpaired) electrons. The van der Waals surface area contributed by atoms with Crippen LogP contribution < -0.4 is 0 Å². The van der Waals surface area contributed by atoms with Crippen molar-refractivity contribution in [2.24, 2.45) is 0 Å². The van der Waals surface area contributed by atoms with Crippen LogP contribution in [0.4, 0.5) is 0 Å². The fraction of sp³-hybridized carbons (Fsp3) is 0.600. The third-order valence-electron chi connectivity index (χ3n) is 3.19. The lowest BCUT2D eigenvalue weighted by atomic mass is 10.3. The number of unbranched alkanes of at least 4 members (excludes halogenated alkanes) is 1. The molecule has 24 heavy (non-hydrogen) atoms. The van der Waals surface area contributed by atoms with Crippen LogP contribution in [0, 0.1) is 0 Å². The monoisotopic (exact) mass is 337 g/mol. The predicted octanol–water partition coefficient (Wildman–Crippen LogP) is 4.66. The highest BCUT2D eigenvalue weighted by atomic mass is 16.7. The van der Waals surface area contributed by atoms with E-state index in [1.54, 1.807) is 7.11 Å². The maximum absolute atomic E-state index is 5.81. The number of allylic oxidation sites excluding steroid dienone is 4. The summed E-state index contributed by atoms with van der Waals surface area (Å²) in [7, 11) is 1.67. The highest BCUT2D eigenvalue weighted by Crippen LogP contribution is 2.06. The first-order chi connectivity index (χ1) is 11.8. The second-order valence-electron chi connectivity index (χ2n) is 5.13. The Kier molecular flexibility index (Phi) is 17.0. The Labute approximate surface area is 148 Å². The molecule has 0 aromatic carbocycles. The van der Waals surface area contributed by atoms with Crippen LogP contribution in [0.2, 0.25) is 0 Å². The van der Waals surface area contributed by atoms with Crippen molar-refractivity contribution >= 4 is 0 Å². The van der Waals surface area contributed by atoms with Crippen molar-refractivity contribution in [1.29, 1.82) is 0 Å². The van der Waals surface area contributed by atoms with Gasteiger partial charge in [-0.25, -0.2) is 0 Å². The first kappa shape index (κ1) is 22.6. The topological polar surface area (TPSA) is 30.9 Å². The lowest BCUT2D eigenvalue weighted by Gasteiger charge is -2.28. The minimum Gasteiger partial charge on any atom is -0.378 e. The van der Waals surface area contributed by atoms with Crippen molar-refractivity contribution in [3.63, 3.8) is 0 Å². The fourth-order valence-corrected chi connectivity index (χ4v) is 2.02. The first-order valence-electron chi connectivity index (χ1n) is 8.81. The standard InChI is InChI=1S/C20H35NO3/c1-5-8-9-10-11-15-19-24-20(22-4)21(16-6-2)17-13-12-14-18-23-7-3/h5-6,8,11-12,14-16,20H,7,9-10,13,17-19H2,1-4H3/b8-5-,14-12?,15-11-,16-6-. The Morgan fingerprint density at radius 1 is 0.875 bits per heavy atom. The van der Waals surface area contributed by atoms with Crippen LogP contribution in [-0.2, 0) is 14.2 Å². The van der Waals surface area contributed by atoms with Gasteiger partial charge in [0, 0.05) is 20.3 Å². The van der Waals surface area contributed by atoms with Gasteiger partial charge in [0.25, 0.3) is 0 Å². The summed E-state index contributed by atoms with van der Waals surface area (Å²) in [5, 5.41) is 0. The quantitative estimate of drug-likeness (QED) is 0.247. The molecule has 0 aliphatic heterocycles. The molecule has 4 heteroatoms. The lowest BCUT2D eigenvalue weighted by Crippen LogP contribution is -2.35. The summed E-state index contributed by atoms with van der Waals surface area (Å²) in [6.45, 7) is 8.82. The first-order valence-corrected chi connectivity index (χ1v) is 8.81. The van der Waals surface area contributed by atoms with E-state index in [-0.39, 0.29) is 6.41 Å². The second kappa shape index (κ2) is 18.0. The summed E-state index contributed by atoms with van der Waals surface area (Å²) in [6.07, 6.45) is 19.2. The molecule has 0 fully saturated rings. The third kappa shape index (κ3) is 13.1. The van der Waals surface area contributed by atoms with E-state index in [0.29, 0.717) is 13.2 Å². The molecule has 4 nitrogen and oxygen atoms in total. The van der Waals surface area contributed by atoms with E-state index in [9.17, 15) is 0 Å². The Balaban J connectivity index is 4.19. The molecule has 138 valence electrons. The van der Waals surface area contributed by atoms with Crippen LogP contribution in [0.15, 0.2) is 48.7 Å². The molecule has 0 heterocycles. The van der Waals surface area contributed by atoms with Gasteiger partial charge in [0.1, 0.15) is 0 Å². The second-order valence-corrected chi connectivity index (χ2v) is 5.13. The number of methoxy groups -OCH3 is 1. The van der Waals surface area contributed by atoms with Crippen LogP contribution in [0.1, 0.15) is 40.0 Å². The minimum atomic E-state index is -0.373. The SMILES string of the molecule is C/C=C\CC/C=C\COC(OC)N(/C=C\C)CCC=CCOCC. The van der Waals surface area contributed by atoms with Crippen LogP contribution >= 0.6 is 0 Å². The number of hydrogen-bond acceptors (Lipinski definition) is 4. The predicted molar refractivity (Wildman–Crippen MR) is 102 cm³/mol. The zero-order chi connectivity index (χ0) is 17.9. The van der Waals surface area contributed by atoms with E-state index < -0.39 is 0 Å². The van der Waals surface area contributed by atoms with Crippen LogP contribution in [0.5, 0.6) is 0 Å². The summed E-state index contributed by atoms with van der Waals surface area (Å²) in [5.74, 6) is 0. The summed E-state index contributed by atoms with van der Waals surface area (Å²) in [4.78, 5) is 2.05. The van der Waals surface area contributed by atoms with Crippen molar-refractivity contribution < 1.29 is 14.2 Å². The van der Waals surface area contributed by atoms with Crippen molar-refractivity contribution in [3.8, 4) is 0 Å². The molecule has 0 saturated carbocycles. The van der Waals surface area contributed by atoms with Crippen LogP contribution in [0.25, 0.3) is 0 Å². The van der Waals surface area contributed by atoms with Gasteiger partial charge in [-0.2, -0.15) is 0 Å². The van der Waals surface area contributed by atoms with Crippen molar-refractivity contribution in [1.82, 2.24) is 4.90 Å². The molecule has 0 aliphatic rings. The highest BCUT2D eigenvalue weighted by molar-refractivity contribution is 4.88. The number of ether oxygens (including phenoxy) is 3. The van der Waals surface area contributed by atoms with Gasteiger partial charge in [0.15, 0.2) is 0 Å². The van der Waals surface area contributed by atoms with Crippen molar-refractivity contribution in [2.75, 3.05) is 33.5 Å². The average molecular weight is 338 g/mol. The van der Waals surface area contributed by atoms with E-state index in [0.717, 1.165) is 32.4 Å². The fourth-order valence-electron chi connectivity index (χ4n) is 2.02. The molecule has 0 aliphatic carbocycles. The summed E-state index contributed by atoms with van der Waals surface area (Å²) in [6, 6.07) is 0. The van der Waals surface area contributed by atoms with E-state index in [4.69, 9.17) is 14.2 Å². The van der Waals surface area contributed by atoms with Gasteiger partial charge in [0.05, 0.1) is 13.2 Å².